The van der Waals surface area contributed by atoms with Crippen molar-refractivity contribution in [3.8, 4) is 0 Å². The smallest absolute Gasteiger partial charge is 0.317 e. The third kappa shape index (κ3) is 4.25. The summed E-state index contributed by atoms with van der Waals surface area (Å²) >= 11 is 0. The quantitative estimate of drug-likeness (QED) is 0.457. The van der Waals surface area contributed by atoms with Crippen LogP contribution in [0.3, 0.4) is 0 Å². The summed E-state index contributed by atoms with van der Waals surface area (Å²) in [5, 5.41) is 22.1. The van der Waals surface area contributed by atoms with E-state index in [1.807, 2.05) is 18.2 Å². The molecule has 150 valence electrons. The van der Waals surface area contributed by atoms with Gasteiger partial charge < -0.3 is 31.1 Å². The van der Waals surface area contributed by atoms with E-state index in [4.69, 9.17) is 10.8 Å². The summed E-state index contributed by atoms with van der Waals surface area (Å²) in [5.41, 5.74) is 8.55. The fourth-order valence-electron chi connectivity index (χ4n) is 3.79. The van der Waals surface area contributed by atoms with Crippen molar-refractivity contribution < 1.29 is 24.6 Å². The third-order valence-corrected chi connectivity index (χ3v) is 5.15. The van der Waals surface area contributed by atoms with Gasteiger partial charge in [0.1, 0.15) is 0 Å². The number of carboxylic acids is 2. The van der Waals surface area contributed by atoms with Crippen LogP contribution in [-0.4, -0.2) is 63.7 Å². The van der Waals surface area contributed by atoms with Crippen LogP contribution in [0.1, 0.15) is 29.9 Å². The number of likely N-dealkylation sites (N-methyl/N-ethyl adjacent to an activating group) is 1. The predicted molar refractivity (Wildman–Crippen MR) is 102 cm³/mol. The number of benzene rings is 1. The van der Waals surface area contributed by atoms with Gasteiger partial charge in [-0.15, -0.1) is 0 Å². The summed E-state index contributed by atoms with van der Waals surface area (Å²) in [4.78, 5) is 38.8. The van der Waals surface area contributed by atoms with Gasteiger partial charge in [-0.3, -0.25) is 9.59 Å². The summed E-state index contributed by atoms with van der Waals surface area (Å²) in [7, 11) is 1.74. The number of hydrogen-bond acceptors (Lipinski definition) is 4. The molecule has 1 saturated heterocycles. The average molecular weight is 388 g/mol. The molecule has 0 spiro atoms. The Morgan fingerprint density at radius 1 is 1.29 bits per heavy atom. The molecule has 3 unspecified atom stereocenters. The zero-order chi connectivity index (χ0) is 20.4. The number of nitrogens with two attached hydrogens (primary N) is 1. The fourth-order valence-corrected chi connectivity index (χ4v) is 3.79. The molecule has 9 nitrogen and oxygen atoms in total. The van der Waals surface area contributed by atoms with E-state index < -0.39 is 23.9 Å². The number of aromatic nitrogens is 1. The van der Waals surface area contributed by atoms with Crippen molar-refractivity contribution in [3.63, 3.8) is 0 Å². The molecular formula is C19H24N4O5. The number of carbonyl (C=O) groups is 3. The van der Waals surface area contributed by atoms with Gasteiger partial charge >= 0.3 is 18.0 Å². The molecular weight excluding hydrogens is 364 g/mol. The first-order valence-corrected chi connectivity index (χ1v) is 9.05. The van der Waals surface area contributed by atoms with E-state index in [1.54, 1.807) is 18.1 Å². The van der Waals surface area contributed by atoms with Crippen molar-refractivity contribution in [2.45, 2.75) is 37.3 Å². The monoisotopic (exact) mass is 388 g/mol. The van der Waals surface area contributed by atoms with E-state index in [0.29, 0.717) is 18.5 Å². The first kappa shape index (κ1) is 19.7. The number of urea groups is 1. The van der Waals surface area contributed by atoms with Crippen LogP contribution in [0.5, 0.6) is 0 Å². The summed E-state index contributed by atoms with van der Waals surface area (Å²) < 4.78 is 0. The molecule has 0 radical (unpaired) electrons. The van der Waals surface area contributed by atoms with Gasteiger partial charge in [0.15, 0.2) is 0 Å². The fraction of sp³-hybridized carbons (Fsp3) is 0.421. The van der Waals surface area contributed by atoms with E-state index in [9.17, 15) is 19.5 Å². The zero-order valence-corrected chi connectivity index (χ0v) is 15.5. The van der Waals surface area contributed by atoms with Crippen molar-refractivity contribution in [1.29, 1.82) is 0 Å². The molecule has 9 heteroatoms. The molecule has 6 N–H and O–H groups in total. The molecule has 1 aliphatic heterocycles. The van der Waals surface area contributed by atoms with Crippen LogP contribution < -0.4 is 11.1 Å². The van der Waals surface area contributed by atoms with E-state index in [-0.39, 0.29) is 24.9 Å². The number of amides is 2. The van der Waals surface area contributed by atoms with Crippen molar-refractivity contribution in [3.05, 3.63) is 35.5 Å². The normalized spacial score (nSPS) is 18.9. The number of fused-ring (bicyclic) bond motifs is 1. The number of hydrogen-bond donors (Lipinski definition) is 5. The van der Waals surface area contributed by atoms with Crippen molar-refractivity contribution in [2.24, 2.45) is 5.73 Å². The van der Waals surface area contributed by atoms with Crippen molar-refractivity contribution >= 4 is 28.9 Å². The van der Waals surface area contributed by atoms with E-state index in [0.717, 1.165) is 16.5 Å². The third-order valence-electron chi connectivity index (χ3n) is 5.15. The minimum atomic E-state index is -1.07. The number of nitrogens with one attached hydrogen (secondary N) is 2. The van der Waals surface area contributed by atoms with Crippen LogP contribution in [0.4, 0.5) is 4.79 Å². The van der Waals surface area contributed by atoms with Crippen LogP contribution in [-0.2, 0) is 16.0 Å². The van der Waals surface area contributed by atoms with Crippen molar-refractivity contribution in [1.82, 2.24) is 15.2 Å². The Bertz CT molecular complexity index is 909. The average Bonchev–Trinajstić information content (AvgIpc) is 3.15. The maximum absolute atomic E-state index is 11.6. The zero-order valence-electron chi connectivity index (χ0n) is 15.5. The van der Waals surface area contributed by atoms with Gasteiger partial charge in [0.05, 0.1) is 18.9 Å². The summed E-state index contributed by atoms with van der Waals surface area (Å²) in [6, 6.07) is 4.88. The summed E-state index contributed by atoms with van der Waals surface area (Å²) in [5.74, 6) is -2.73. The first-order valence-electron chi connectivity index (χ1n) is 9.05. The number of carbonyl (C=O) groups excluding carboxylic acids is 1. The highest BCUT2D eigenvalue weighted by atomic mass is 16.4. The summed E-state index contributed by atoms with van der Waals surface area (Å²) in [6.07, 6.45) is 1.77. The Morgan fingerprint density at radius 3 is 2.61 bits per heavy atom. The van der Waals surface area contributed by atoms with Gasteiger partial charge in [0, 0.05) is 42.7 Å². The molecule has 3 atom stereocenters. The Hall–Kier alpha value is -3.07. The van der Waals surface area contributed by atoms with Gasteiger partial charge in [-0.2, -0.15) is 0 Å². The Kier molecular flexibility index (Phi) is 5.55. The number of rotatable bonds is 8. The lowest BCUT2D eigenvalue weighted by Crippen LogP contribution is -2.32. The Labute approximate surface area is 161 Å². The SMILES string of the molecule is CN1CC(Cc2ccc3[nH]cc(C(CC(=O)O)C(N)CC(=O)O)c3c2)NC1=O. The highest BCUT2D eigenvalue weighted by molar-refractivity contribution is 5.85. The molecule has 0 bridgehead atoms. The van der Waals surface area contributed by atoms with E-state index in [2.05, 4.69) is 10.3 Å². The maximum Gasteiger partial charge on any atom is 0.317 e. The molecule has 3 rings (SSSR count). The number of aliphatic carboxylic acids is 2. The largest absolute Gasteiger partial charge is 0.481 e. The van der Waals surface area contributed by atoms with E-state index in [1.165, 1.54) is 0 Å². The highest BCUT2D eigenvalue weighted by Crippen LogP contribution is 2.32. The Morgan fingerprint density at radius 2 is 2.00 bits per heavy atom. The van der Waals surface area contributed by atoms with Crippen LogP contribution in [0.25, 0.3) is 10.9 Å². The summed E-state index contributed by atoms with van der Waals surface area (Å²) in [6.45, 7) is 0.613. The van der Waals surface area contributed by atoms with Crippen LogP contribution in [0.2, 0.25) is 0 Å². The lowest BCUT2D eigenvalue weighted by Gasteiger charge is -2.21. The first-order chi connectivity index (χ1) is 13.2. The number of H-pyrrole nitrogens is 1. The predicted octanol–water partition coefficient (Wildman–Crippen LogP) is 1.09. The van der Waals surface area contributed by atoms with Crippen LogP contribution >= 0.6 is 0 Å². The van der Waals surface area contributed by atoms with E-state index >= 15 is 0 Å². The second-order valence-corrected chi connectivity index (χ2v) is 7.32. The molecule has 28 heavy (non-hydrogen) atoms. The molecule has 2 aromatic rings. The number of carboxylic acid groups (broad SMARTS) is 2. The van der Waals surface area contributed by atoms with Gasteiger partial charge in [-0.1, -0.05) is 6.07 Å². The minimum absolute atomic E-state index is 0.00132. The van der Waals surface area contributed by atoms with Gasteiger partial charge in [0.25, 0.3) is 0 Å². The number of aromatic amines is 1. The molecule has 0 saturated carbocycles. The van der Waals surface area contributed by atoms with Crippen molar-refractivity contribution in [2.75, 3.05) is 13.6 Å². The molecule has 1 aliphatic rings. The molecule has 1 fully saturated rings. The molecule has 2 amide bonds. The number of nitrogens with zero attached hydrogens (tertiary/aromatic N) is 1. The van der Waals surface area contributed by atoms with Crippen LogP contribution in [0.15, 0.2) is 24.4 Å². The minimum Gasteiger partial charge on any atom is -0.481 e. The van der Waals surface area contributed by atoms with Gasteiger partial charge in [0.2, 0.25) is 0 Å². The second kappa shape index (κ2) is 7.89. The molecule has 1 aromatic heterocycles. The standard InChI is InChI=1S/C19H24N4O5/c1-23-9-11(22-19(23)28)4-10-2-3-16-13(5-10)14(8-21-16)12(6-17(24)25)15(20)7-18(26)27/h2-3,5,8,11-12,15,21H,4,6-7,9,20H2,1H3,(H,22,28)(H,24,25)(H,26,27). The highest BCUT2D eigenvalue weighted by Gasteiger charge is 2.28. The molecule has 2 heterocycles. The second-order valence-electron chi connectivity index (χ2n) is 7.32. The lowest BCUT2D eigenvalue weighted by atomic mass is 9.86. The van der Waals surface area contributed by atoms with Crippen LogP contribution in [0, 0.1) is 0 Å². The Balaban J connectivity index is 1.90. The lowest BCUT2D eigenvalue weighted by molar-refractivity contribution is -0.140. The topological polar surface area (TPSA) is 149 Å². The molecule has 1 aromatic carbocycles. The van der Waals surface area contributed by atoms with Gasteiger partial charge in [-0.05, 0) is 29.7 Å². The maximum atomic E-state index is 11.6. The molecule has 0 aliphatic carbocycles. The van der Waals surface area contributed by atoms with Gasteiger partial charge in [-0.25, -0.2) is 4.79 Å².